The third-order valence-electron chi connectivity index (χ3n) is 9.78. The lowest BCUT2D eigenvalue weighted by Gasteiger charge is -2.28. The van der Waals surface area contributed by atoms with Crippen LogP contribution in [0, 0.1) is 23.7 Å². The number of amides is 6. The lowest BCUT2D eigenvalue weighted by Crippen LogP contribution is -2.60. The second kappa shape index (κ2) is 24.2. The molecule has 7 atom stereocenters. The molecule has 2 rings (SSSR count). The van der Waals surface area contributed by atoms with Gasteiger partial charge >= 0.3 is 11.9 Å². The largest absolute Gasteiger partial charge is 0.508 e. The van der Waals surface area contributed by atoms with Crippen LogP contribution in [0.2, 0.25) is 0 Å². The normalized spacial score (nSPS) is 14.6. The molecule has 0 spiro atoms. The number of phenolic OH excluding ortho intramolecular Hbond substituents is 2. The summed E-state index contributed by atoms with van der Waals surface area (Å²) in [5.41, 5.74) is 6.51. The maximum atomic E-state index is 14.1. The molecule has 0 radical (unpaired) electrons. The van der Waals surface area contributed by atoms with Crippen LogP contribution in [0.4, 0.5) is 0 Å². The summed E-state index contributed by atoms with van der Waals surface area (Å²) in [6.07, 6.45) is -1.16. The van der Waals surface area contributed by atoms with Crippen molar-refractivity contribution in [3.63, 3.8) is 0 Å². The number of phenols is 2. The van der Waals surface area contributed by atoms with Gasteiger partial charge in [-0.2, -0.15) is 0 Å². The van der Waals surface area contributed by atoms with Gasteiger partial charge in [0, 0.05) is 12.5 Å². The fraction of sp³-hybridized carbons (Fsp3) is 0.512. The molecule has 0 aliphatic rings. The van der Waals surface area contributed by atoms with E-state index in [1.165, 1.54) is 13.8 Å². The molecule has 20 nitrogen and oxygen atoms in total. The Bertz CT molecular complexity index is 1950. The zero-order valence-corrected chi connectivity index (χ0v) is 36.6. The minimum absolute atomic E-state index is 0.00279. The first-order valence-electron chi connectivity index (χ1n) is 20.5. The fourth-order valence-electron chi connectivity index (χ4n) is 6.24. The van der Waals surface area contributed by atoms with E-state index in [2.05, 4.69) is 31.9 Å². The van der Waals surface area contributed by atoms with E-state index in [-0.39, 0.29) is 30.2 Å². The van der Waals surface area contributed by atoms with Crippen molar-refractivity contribution in [2.24, 2.45) is 29.4 Å². The van der Waals surface area contributed by atoms with Crippen molar-refractivity contribution < 1.29 is 63.6 Å². The zero-order chi connectivity index (χ0) is 47.9. The van der Waals surface area contributed by atoms with Crippen molar-refractivity contribution in [3.8, 4) is 11.5 Å². The van der Waals surface area contributed by atoms with Gasteiger partial charge in [0.25, 0.3) is 5.91 Å². The summed E-state index contributed by atoms with van der Waals surface area (Å²) in [7, 11) is 0. The summed E-state index contributed by atoms with van der Waals surface area (Å²) in [5, 5.41) is 53.5. The number of nitrogens with two attached hydrogens (primary N) is 1. The molecule has 0 saturated heterocycles. The molecular weight excluding hydrogens is 823 g/mol. The van der Waals surface area contributed by atoms with Gasteiger partial charge in [0.2, 0.25) is 35.3 Å². The third-order valence-corrected chi connectivity index (χ3v) is 9.78. The number of ketones is 1. The van der Waals surface area contributed by atoms with Crippen molar-refractivity contribution >= 4 is 53.2 Å². The summed E-state index contributed by atoms with van der Waals surface area (Å²) >= 11 is 0. The standard InChI is InChI=1S/C43H61N7O13/c1-20(2)14-29(46-41(60)35(50-38(57)32(44)21(3)4)25-16-26(51)18-27(52)17-25)37(56)45-28(15-24-12-10-9-11-13-24)36(55)42(61)49-34(23(7)8)40(59)48-33(22(5)6)39(58)47-30(43(62)63)19-31(53)54/h9-13,16-18,20-23,28-30,32-35,51-52H,14-15,19,44H2,1-8H3,(H,45,56)(H,46,60)(H,47,58)(H,48,59)(H,49,61)(H,50,57)(H,53,54)(H,62,63)/t28?,29-,30-,32-,33-,34-,35?/m0/s1. The van der Waals surface area contributed by atoms with Crippen LogP contribution in [0.1, 0.15) is 85.4 Å². The Morgan fingerprint density at radius 3 is 1.57 bits per heavy atom. The average Bonchev–Trinajstić information content (AvgIpc) is 3.18. The maximum Gasteiger partial charge on any atom is 0.326 e. The van der Waals surface area contributed by atoms with Crippen LogP contribution >= 0.6 is 0 Å². The molecule has 2 aromatic rings. The van der Waals surface area contributed by atoms with Crippen molar-refractivity contribution in [2.45, 2.75) is 117 Å². The molecule has 0 fully saturated rings. The molecule has 12 N–H and O–H groups in total. The van der Waals surface area contributed by atoms with E-state index in [4.69, 9.17) is 10.8 Å². The predicted molar refractivity (Wildman–Crippen MR) is 227 cm³/mol. The van der Waals surface area contributed by atoms with E-state index in [9.17, 15) is 58.5 Å². The van der Waals surface area contributed by atoms with Crippen LogP contribution in [0.3, 0.4) is 0 Å². The number of rotatable bonds is 24. The van der Waals surface area contributed by atoms with Gasteiger partial charge in [0.1, 0.15) is 47.8 Å². The molecule has 0 heterocycles. The summed E-state index contributed by atoms with van der Waals surface area (Å²) in [6, 6.07) is 1.39. The first-order valence-corrected chi connectivity index (χ1v) is 20.5. The van der Waals surface area contributed by atoms with E-state index >= 15 is 0 Å². The number of hydrogen-bond donors (Lipinski definition) is 11. The molecule has 346 valence electrons. The number of hydrogen-bond acceptors (Lipinski definition) is 12. The molecular formula is C43H61N7O13. The number of aromatic hydroxyl groups is 2. The van der Waals surface area contributed by atoms with E-state index < -0.39 is 125 Å². The van der Waals surface area contributed by atoms with Gasteiger partial charge in [-0.15, -0.1) is 0 Å². The van der Waals surface area contributed by atoms with Gasteiger partial charge < -0.3 is 58.1 Å². The SMILES string of the molecule is CC(C)C[C@H](NC(=O)C(NC(=O)[C@@H](N)C(C)C)c1cc(O)cc(O)c1)C(=O)NC(Cc1ccccc1)C(=O)C(=O)N[C@H](C(=O)N[C@H](C(=O)N[C@@H](CC(=O)O)C(=O)O)C(C)C)C(C)C. The lowest BCUT2D eigenvalue weighted by atomic mass is 9.97. The highest BCUT2D eigenvalue weighted by Crippen LogP contribution is 2.26. The Balaban J connectivity index is 2.45. The molecule has 2 aromatic carbocycles. The number of benzene rings is 2. The van der Waals surface area contributed by atoms with E-state index in [0.29, 0.717) is 5.56 Å². The highest BCUT2D eigenvalue weighted by atomic mass is 16.4. The second-order valence-corrected chi connectivity index (χ2v) is 16.7. The van der Waals surface area contributed by atoms with Crippen LogP contribution in [-0.4, -0.2) is 110 Å². The number of carbonyl (C=O) groups is 9. The summed E-state index contributed by atoms with van der Waals surface area (Å²) in [4.78, 5) is 118. The van der Waals surface area contributed by atoms with Gasteiger partial charge in [-0.05, 0) is 53.4 Å². The second-order valence-electron chi connectivity index (χ2n) is 16.7. The average molecular weight is 884 g/mol. The summed E-state index contributed by atoms with van der Waals surface area (Å²) in [5.74, 6) is -12.9. The molecule has 2 unspecified atom stereocenters. The quantitative estimate of drug-likeness (QED) is 0.0636. The number of aliphatic carboxylic acids is 2. The molecule has 63 heavy (non-hydrogen) atoms. The van der Waals surface area contributed by atoms with Gasteiger partial charge in [0.05, 0.1) is 12.5 Å². The van der Waals surface area contributed by atoms with E-state index in [1.807, 2.05) is 0 Å². The Kier molecular flexibility index (Phi) is 20.2. The maximum absolute atomic E-state index is 14.1. The van der Waals surface area contributed by atoms with Gasteiger partial charge in [-0.3, -0.25) is 38.4 Å². The minimum atomic E-state index is -1.81. The summed E-state index contributed by atoms with van der Waals surface area (Å²) < 4.78 is 0. The van der Waals surface area contributed by atoms with Crippen molar-refractivity contribution in [2.75, 3.05) is 0 Å². The Morgan fingerprint density at radius 2 is 1.08 bits per heavy atom. The number of carbonyl (C=O) groups excluding carboxylic acids is 7. The number of carboxylic acids is 2. The van der Waals surface area contributed by atoms with Crippen molar-refractivity contribution in [1.29, 1.82) is 0 Å². The zero-order valence-electron chi connectivity index (χ0n) is 36.6. The van der Waals surface area contributed by atoms with Gasteiger partial charge in [0.15, 0.2) is 0 Å². The molecule has 0 aromatic heterocycles. The molecule has 0 saturated carbocycles. The number of carboxylic acid groups (broad SMARTS) is 2. The third kappa shape index (κ3) is 16.7. The van der Waals surface area contributed by atoms with Gasteiger partial charge in [-0.1, -0.05) is 85.7 Å². The first kappa shape index (κ1) is 52.6. The Morgan fingerprint density at radius 1 is 0.571 bits per heavy atom. The lowest BCUT2D eigenvalue weighted by molar-refractivity contribution is -0.147. The number of nitrogens with one attached hydrogen (secondary N) is 6. The molecule has 20 heteroatoms. The molecule has 0 aliphatic heterocycles. The topological polar surface area (TPSA) is 333 Å². The highest BCUT2D eigenvalue weighted by Gasteiger charge is 2.37. The highest BCUT2D eigenvalue weighted by molar-refractivity contribution is 6.39. The van der Waals surface area contributed by atoms with Crippen LogP contribution in [-0.2, 0) is 49.6 Å². The van der Waals surface area contributed by atoms with E-state index in [0.717, 1.165) is 18.2 Å². The predicted octanol–water partition coefficient (Wildman–Crippen LogP) is 0.392. The van der Waals surface area contributed by atoms with E-state index in [1.54, 1.807) is 71.9 Å². The number of Topliss-reactive ketones (excluding diaryl/α,β-unsaturated/α-hetero) is 1. The minimum Gasteiger partial charge on any atom is -0.508 e. The smallest absolute Gasteiger partial charge is 0.326 e. The van der Waals surface area contributed by atoms with Crippen LogP contribution in [0.25, 0.3) is 0 Å². The fourth-order valence-corrected chi connectivity index (χ4v) is 6.24. The monoisotopic (exact) mass is 883 g/mol. The summed E-state index contributed by atoms with van der Waals surface area (Å²) in [6.45, 7) is 13.0. The van der Waals surface area contributed by atoms with Crippen LogP contribution in [0.5, 0.6) is 11.5 Å². The van der Waals surface area contributed by atoms with Crippen LogP contribution in [0.15, 0.2) is 48.5 Å². The molecule has 0 aliphatic carbocycles. The van der Waals surface area contributed by atoms with Crippen molar-refractivity contribution in [3.05, 3.63) is 59.7 Å². The molecule has 0 bridgehead atoms. The molecule has 6 amide bonds. The first-order chi connectivity index (χ1) is 29.3. The van der Waals surface area contributed by atoms with Crippen molar-refractivity contribution in [1.82, 2.24) is 31.9 Å². The Labute approximate surface area is 365 Å². The van der Waals surface area contributed by atoms with Crippen LogP contribution < -0.4 is 37.6 Å². The Hall–Kier alpha value is -6.57. The van der Waals surface area contributed by atoms with Gasteiger partial charge in [-0.25, -0.2) is 4.79 Å².